The van der Waals surface area contributed by atoms with Crippen LogP contribution in [0.3, 0.4) is 0 Å². The van der Waals surface area contributed by atoms with E-state index in [0.717, 1.165) is 5.52 Å². The second kappa shape index (κ2) is 2.27. The van der Waals surface area contributed by atoms with E-state index in [1.165, 1.54) is 0 Å². The van der Waals surface area contributed by atoms with Crippen molar-refractivity contribution in [3.8, 4) is 0 Å². The Labute approximate surface area is 70.2 Å². The number of fused-ring (bicyclic) bond motifs is 1. The Morgan fingerprint density at radius 2 is 2.36 bits per heavy atom. The second-order valence-corrected chi connectivity index (χ2v) is 2.71. The van der Waals surface area contributed by atoms with Crippen LogP contribution in [0, 0.1) is 0 Å². The predicted molar refractivity (Wildman–Crippen MR) is 45.6 cm³/mol. The van der Waals surface area contributed by atoms with E-state index in [-0.39, 0.29) is 0 Å². The molecule has 0 fully saturated rings. The van der Waals surface area contributed by atoms with Gasteiger partial charge in [0.05, 0.1) is 5.52 Å². The highest BCUT2D eigenvalue weighted by atomic mass is 35.5. The van der Waals surface area contributed by atoms with Crippen molar-refractivity contribution in [1.82, 2.24) is 9.61 Å². The van der Waals surface area contributed by atoms with E-state index in [0.29, 0.717) is 10.5 Å². The zero-order valence-electron chi connectivity index (χ0n) is 5.66. The van der Waals surface area contributed by atoms with E-state index in [9.17, 15) is 0 Å². The monoisotopic (exact) mass is 162 g/mol. The van der Waals surface area contributed by atoms with Gasteiger partial charge in [0.15, 0.2) is 0 Å². The van der Waals surface area contributed by atoms with Gasteiger partial charge < -0.3 is 0 Å². The topological polar surface area (TPSA) is 17.3 Å². The molecule has 0 aromatic carbocycles. The summed E-state index contributed by atoms with van der Waals surface area (Å²) in [5.41, 5.74) is 1.49. The molecular weight excluding hydrogens is 158 g/mol. The number of nitrogens with zero attached hydrogens (tertiary/aromatic N) is 2. The van der Waals surface area contributed by atoms with Crippen molar-refractivity contribution < 1.29 is 0 Å². The predicted octanol–water partition coefficient (Wildman–Crippen LogP) is 0.781. The van der Waals surface area contributed by atoms with Crippen LogP contribution in [-0.4, -0.2) is 17.5 Å². The summed E-state index contributed by atoms with van der Waals surface area (Å²) in [4.78, 5) is 0. The highest BCUT2D eigenvalue weighted by molar-refractivity contribution is 6.37. The molecule has 2 aromatic rings. The van der Waals surface area contributed by atoms with Gasteiger partial charge in [-0.3, -0.25) is 0 Å². The average Bonchev–Trinajstić information content (AvgIpc) is 2.33. The van der Waals surface area contributed by atoms with Crippen LogP contribution in [0.4, 0.5) is 0 Å². The lowest BCUT2D eigenvalue weighted by Crippen LogP contribution is -1.98. The third-order valence-electron chi connectivity index (χ3n) is 1.51. The van der Waals surface area contributed by atoms with Gasteiger partial charge in [0.2, 0.25) is 0 Å². The van der Waals surface area contributed by atoms with Crippen molar-refractivity contribution in [1.29, 1.82) is 0 Å². The lowest BCUT2D eigenvalue weighted by Gasteiger charge is -1.93. The second-order valence-electron chi connectivity index (χ2n) is 2.27. The fourth-order valence-electron chi connectivity index (χ4n) is 0.974. The Morgan fingerprint density at radius 3 is 3.18 bits per heavy atom. The molecule has 0 atom stereocenters. The molecule has 0 spiro atoms. The fourth-order valence-corrected chi connectivity index (χ4v) is 1.13. The Balaban J connectivity index is 2.87. The molecule has 0 bridgehead atoms. The molecule has 0 saturated heterocycles. The van der Waals surface area contributed by atoms with Crippen molar-refractivity contribution in [2.24, 2.45) is 0 Å². The maximum Gasteiger partial charge on any atom is 0.119 e. The first-order valence-electron chi connectivity index (χ1n) is 3.16. The van der Waals surface area contributed by atoms with Crippen LogP contribution in [0.25, 0.3) is 5.52 Å². The quantitative estimate of drug-likeness (QED) is 0.523. The van der Waals surface area contributed by atoms with Gasteiger partial charge in [-0.15, -0.1) is 0 Å². The minimum Gasteiger partial charge on any atom is -0.242 e. The molecule has 2 heterocycles. The highest BCUT2D eigenvalue weighted by Gasteiger charge is 1.97. The Hall–Kier alpha value is -0.955. The molecule has 0 saturated carbocycles. The van der Waals surface area contributed by atoms with Crippen LogP contribution in [0.2, 0.25) is 5.02 Å². The first kappa shape index (κ1) is 6.74. The fraction of sp³-hybridized carbons (Fsp3) is 0. The van der Waals surface area contributed by atoms with Crippen molar-refractivity contribution in [3.63, 3.8) is 0 Å². The van der Waals surface area contributed by atoms with Gasteiger partial charge in [-0.1, -0.05) is 17.1 Å². The van der Waals surface area contributed by atoms with Crippen LogP contribution >= 0.6 is 11.6 Å². The first-order valence-corrected chi connectivity index (χ1v) is 3.53. The van der Waals surface area contributed by atoms with E-state index in [1.54, 1.807) is 29.0 Å². The molecule has 4 heteroatoms. The molecule has 0 amide bonds. The molecule has 52 valence electrons. The molecule has 11 heavy (non-hydrogen) atoms. The van der Waals surface area contributed by atoms with Crippen LogP contribution in [-0.2, 0) is 0 Å². The zero-order chi connectivity index (χ0) is 7.84. The number of rotatable bonds is 0. The van der Waals surface area contributed by atoms with Crippen molar-refractivity contribution >= 4 is 30.4 Å². The average molecular weight is 162 g/mol. The maximum atomic E-state index is 5.75. The summed E-state index contributed by atoms with van der Waals surface area (Å²) in [6.07, 6.45) is 3.37. The van der Waals surface area contributed by atoms with E-state index in [4.69, 9.17) is 19.4 Å². The molecule has 0 aliphatic carbocycles. The van der Waals surface area contributed by atoms with E-state index in [1.807, 2.05) is 0 Å². The van der Waals surface area contributed by atoms with Crippen molar-refractivity contribution in [2.75, 3.05) is 0 Å². The van der Waals surface area contributed by atoms with E-state index < -0.39 is 0 Å². The lowest BCUT2D eigenvalue weighted by atomic mass is 9.99. The number of aromatic nitrogens is 2. The highest BCUT2D eigenvalue weighted by Crippen LogP contribution is 2.09. The van der Waals surface area contributed by atoms with Gasteiger partial charge in [-0.05, 0) is 12.1 Å². The smallest absolute Gasteiger partial charge is 0.119 e. The number of halogens is 1. The Bertz CT molecular complexity index is 396. The summed E-state index contributed by atoms with van der Waals surface area (Å²) in [6, 6.07) is 3.55. The standard InChI is InChI=1S/C7H4BClN2/c8-6-4-10-11-2-1-5(9)3-7(6)11/h1-4H. The van der Waals surface area contributed by atoms with E-state index in [2.05, 4.69) is 5.10 Å². The van der Waals surface area contributed by atoms with Gasteiger partial charge >= 0.3 is 0 Å². The summed E-state index contributed by atoms with van der Waals surface area (Å²) in [5.74, 6) is 0. The third kappa shape index (κ3) is 1.01. The van der Waals surface area contributed by atoms with Crippen molar-refractivity contribution in [3.05, 3.63) is 29.5 Å². The van der Waals surface area contributed by atoms with Crippen LogP contribution < -0.4 is 5.46 Å². The SMILES string of the molecule is [B]c1cnn2ccc(Cl)cc12. The molecule has 2 radical (unpaired) electrons. The minimum absolute atomic E-state index is 0.646. The zero-order valence-corrected chi connectivity index (χ0v) is 6.42. The normalized spacial score (nSPS) is 10.6. The Kier molecular flexibility index (Phi) is 1.39. The van der Waals surface area contributed by atoms with Gasteiger partial charge in [0.25, 0.3) is 0 Å². The number of hydrogen-bond donors (Lipinski definition) is 0. The number of hydrogen-bond acceptors (Lipinski definition) is 1. The Morgan fingerprint density at radius 1 is 1.55 bits per heavy atom. The molecule has 0 aliphatic rings. The van der Waals surface area contributed by atoms with Crippen LogP contribution in [0.15, 0.2) is 24.5 Å². The van der Waals surface area contributed by atoms with Crippen LogP contribution in [0.5, 0.6) is 0 Å². The van der Waals surface area contributed by atoms with E-state index >= 15 is 0 Å². The number of pyridine rings is 1. The molecule has 0 aliphatic heterocycles. The minimum atomic E-state index is 0.646. The summed E-state index contributed by atoms with van der Waals surface area (Å²) in [7, 11) is 5.60. The van der Waals surface area contributed by atoms with Crippen LogP contribution in [0.1, 0.15) is 0 Å². The van der Waals surface area contributed by atoms with Gasteiger partial charge in [0, 0.05) is 17.4 Å². The molecule has 0 N–H and O–H groups in total. The maximum absolute atomic E-state index is 5.75. The summed E-state index contributed by atoms with van der Waals surface area (Å²) < 4.78 is 1.68. The van der Waals surface area contributed by atoms with Crippen molar-refractivity contribution in [2.45, 2.75) is 0 Å². The van der Waals surface area contributed by atoms with Gasteiger partial charge in [-0.2, -0.15) is 5.10 Å². The largest absolute Gasteiger partial charge is 0.242 e. The molecular formula is C7H4BClN2. The van der Waals surface area contributed by atoms with Gasteiger partial charge in [0.1, 0.15) is 7.85 Å². The third-order valence-corrected chi connectivity index (χ3v) is 1.75. The van der Waals surface area contributed by atoms with Gasteiger partial charge in [-0.25, -0.2) is 4.52 Å². The summed E-state index contributed by atoms with van der Waals surface area (Å²) in [5, 5.41) is 4.66. The molecule has 2 rings (SSSR count). The molecule has 0 unspecified atom stereocenters. The molecule has 2 aromatic heterocycles. The summed E-state index contributed by atoms with van der Waals surface area (Å²) in [6.45, 7) is 0. The summed E-state index contributed by atoms with van der Waals surface area (Å²) >= 11 is 5.75. The first-order chi connectivity index (χ1) is 5.27. The molecule has 2 nitrogen and oxygen atoms in total. The lowest BCUT2D eigenvalue weighted by molar-refractivity contribution is 0.961.